The Hall–Kier alpha value is -2.34. The summed E-state index contributed by atoms with van der Waals surface area (Å²) in [7, 11) is 0. The van der Waals surface area contributed by atoms with E-state index in [4.69, 9.17) is 4.74 Å². The van der Waals surface area contributed by atoms with Crippen LogP contribution in [0.3, 0.4) is 0 Å². The number of hydrogen-bond donors (Lipinski definition) is 0. The number of rotatable bonds is 3. The van der Waals surface area contributed by atoms with E-state index < -0.39 is 0 Å². The Kier molecular flexibility index (Phi) is 4.39. The van der Waals surface area contributed by atoms with Crippen LogP contribution in [0, 0.1) is 6.92 Å². The van der Waals surface area contributed by atoms with Gasteiger partial charge in [0.25, 0.3) is 0 Å². The van der Waals surface area contributed by atoms with Crippen LogP contribution in [-0.2, 0) is 16.0 Å². The van der Waals surface area contributed by atoms with Crippen LogP contribution in [-0.4, -0.2) is 45.5 Å². The van der Waals surface area contributed by atoms with Crippen molar-refractivity contribution in [3.05, 3.63) is 53.9 Å². The van der Waals surface area contributed by atoms with E-state index in [1.165, 1.54) is 0 Å². The summed E-state index contributed by atoms with van der Waals surface area (Å²) < 4.78 is 5.73. The zero-order chi connectivity index (χ0) is 15.4. The quantitative estimate of drug-likeness (QED) is 0.855. The van der Waals surface area contributed by atoms with E-state index in [0.717, 1.165) is 17.0 Å². The van der Waals surface area contributed by atoms with Crippen molar-refractivity contribution in [2.45, 2.75) is 19.4 Å². The average Bonchev–Trinajstić information content (AvgIpc) is 2.56. The summed E-state index contributed by atoms with van der Waals surface area (Å²) in [4.78, 5) is 26.8. The minimum atomic E-state index is -0.209. The predicted molar refractivity (Wildman–Crippen MR) is 80.0 cm³/mol. The van der Waals surface area contributed by atoms with Gasteiger partial charge >= 0.3 is 0 Å². The summed E-state index contributed by atoms with van der Waals surface area (Å²) in [6.45, 7) is 3.52. The minimum absolute atomic E-state index is 0.0846. The number of morpholine rings is 1. The number of pyridine rings is 1. The van der Waals surface area contributed by atoms with Crippen molar-refractivity contribution in [2.24, 2.45) is 0 Å². The predicted octanol–water partition coefficient (Wildman–Crippen LogP) is 1.32. The summed E-state index contributed by atoms with van der Waals surface area (Å²) in [5.74, 6) is 0.0846. The van der Waals surface area contributed by atoms with Gasteiger partial charge in [0.05, 0.1) is 37.2 Å². The van der Waals surface area contributed by atoms with Gasteiger partial charge < -0.3 is 9.64 Å². The van der Waals surface area contributed by atoms with Crippen LogP contribution in [0.25, 0.3) is 0 Å². The second-order valence-electron chi connectivity index (χ2n) is 5.32. The Labute approximate surface area is 129 Å². The molecule has 0 saturated carbocycles. The van der Waals surface area contributed by atoms with Crippen LogP contribution in [0.15, 0.2) is 36.9 Å². The third-order valence-electron chi connectivity index (χ3n) is 3.63. The molecule has 22 heavy (non-hydrogen) atoms. The molecule has 0 unspecified atom stereocenters. The fraction of sp³-hybridized carbons (Fsp3) is 0.375. The molecule has 2 aromatic rings. The van der Waals surface area contributed by atoms with Gasteiger partial charge in [-0.2, -0.15) is 0 Å². The molecule has 0 aliphatic carbocycles. The van der Waals surface area contributed by atoms with Gasteiger partial charge in [0.1, 0.15) is 6.10 Å². The Morgan fingerprint density at radius 2 is 2.27 bits per heavy atom. The van der Waals surface area contributed by atoms with Crippen LogP contribution < -0.4 is 0 Å². The number of carbonyl (C=O) groups is 1. The van der Waals surface area contributed by atoms with Crippen molar-refractivity contribution < 1.29 is 9.53 Å². The molecule has 3 rings (SSSR count). The van der Waals surface area contributed by atoms with Crippen molar-refractivity contribution in [3.8, 4) is 0 Å². The molecule has 1 aliphatic rings. The molecule has 0 radical (unpaired) electrons. The highest BCUT2D eigenvalue weighted by Crippen LogP contribution is 2.20. The van der Waals surface area contributed by atoms with E-state index in [0.29, 0.717) is 26.1 Å². The van der Waals surface area contributed by atoms with Gasteiger partial charge in [-0.1, -0.05) is 6.07 Å². The number of aromatic nitrogens is 3. The molecule has 1 fully saturated rings. The normalized spacial score (nSPS) is 18.2. The van der Waals surface area contributed by atoms with Gasteiger partial charge in [0.15, 0.2) is 0 Å². The topological polar surface area (TPSA) is 68.2 Å². The third-order valence-corrected chi connectivity index (χ3v) is 3.63. The highest BCUT2D eigenvalue weighted by atomic mass is 16.5. The summed E-state index contributed by atoms with van der Waals surface area (Å²) in [5, 5.41) is 0. The largest absolute Gasteiger partial charge is 0.368 e. The molecule has 2 aromatic heterocycles. The molecule has 6 nitrogen and oxygen atoms in total. The van der Waals surface area contributed by atoms with Crippen LogP contribution in [0.4, 0.5) is 0 Å². The van der Waals surface area contributed by atoms with Crippen LogP contribution in [0.1, 0.15) is 23.1 Å². The van der Waals surface area contributed by atoms with E-state index in [-0.39, 0.29) is 12.0 Å². The summed E-state index contributed by atoms with van der Waals surface area (Å²) in [5.41, 5.74) is 2.55. The fourth-order valence-electron chi connectivity index (χ4n) is 2.41. The molecule has 1 amide bonds. The summed E-state index contributed by atoms with van der Waals surface area (Å²) in [6.07, 6.45) is 7.01. The van der Waals surface area contributed by atoms with E-state index >= 15 is 0 Å². The average molecular weight is 298 g/mol. The number of nitrogens with zero attached hydrogens (tertiary/aromatic N) is 4. The second kappa shape index (κ2) is 6.62. The summed E-state index contributed by atoms with van der Waals surface area (Å²) in [6, 6.07) is 3.75. The lowest BCUT2D eigenvalue weighted by molar-refractivity contribution is -0.138. The van der Waals surface area contributed by atoms with Gasteiger partial charge in [-0.05, 0) is 18.6 Å². The molecule has 0 spiro atoms. The maximum absolute atomic E-state index is 12.4. The molecular formula is C16H18N4O2. The highest BCUT2D eigenvalue weighted by Gasteiger charge is 2.26. The standard InChI is InChI=1S/C16H18N4O2/c1-12-8-19-14(10-18-12)15-11-20(5-6-22-15)16(21)7-13-3-2-4-17-9-13/h2-4,8-10,15H,5-7,11H2,1H3/t15-/m1/s1. The molecule has 0 aromatic carbocycles. The first-order chi connectivity index (χ1) is 10.7. The van der Waals surface area contributed by atoms with E-state index in [1.807, 2.05) is 24.0 Å². The molecular weight excluding hydrogens is 280 g/mol. The first-order valence-electron chi connectivity index (χ1n) is 7.29. The van der Waals surface area contributed by atoms with Crippen molar-refractivity contribution in [3.63, 3.8) is 0 Å². The number of carbonyl (C=O) groups excluding carboxylic acids is 1. The number of ether oxygens (including phenoxy) is 1. The lowest BCUT2D eigenvalue weighted by atomic mass is 10.1. The van der Waals surface area contributed by atoms with Gasteiger partial charge in [0.2, 0.25) is 5.91 Å². The maximum Gasteiger partial charge on any atom is 0.227 e. The molecule has 6 heteroatoms. The summed E-state index contributed by atoms with van der Waals surface area (Å²) >= 11 is 0. The zero-order valence-electron chi connectivity index (χ0n) is 12.5. The second-order valence-corrected chi connectivity index (χ2v) is 5.32. The lowest BCUT2D eigenvalue weighted by Gasteiger charge is -2.32. The molecule has 0 bridgehead atoms. The van der Waals surface area contributed by atoms with Crippen LogP contribution in [0.2, 0.25) is 0 Å². The SMILES string of the molecule is Cc1cnc([C@H]2CN(C(=O)Cc3cccnc3)CCO2)cn1. The van der Waals surface area contributed by atoms with Crippen LogP contribution in [0.5, 0.6) is 0 Å². The van der Waals surface area contributed by atoms with Crippen LogP contribution >= 0.6 is 0 Å². The lowest BCUT2D eigenvalue weighted by Crippen LogP contribution is -2.43. The first kappa shape index (κ1) is 14.6. The minimum Gasteiger partial charge on any atom is -0.368 e. The zero-order valence-corrected chi connectivity index (χ0v) is 12.5. The monoisotopic (exact) mass is 298 g/mol. The fourth-order valence-corrected chi connectivity index (χ4v) is 2.41. The highest BCUT2D eigenvalue weighted by molar-refractivity contribution is 5.78. The molecule has 0 N–H and O–H groups in total. The maximum atomic E-state index is 12.4. The number of aryl methyl sites for hydroxylation is 1. The van der Waals surface area contributed by atoms with Gasteiger partial charge in [0, 0.05) is 25.1 Å². The van der Waals surface area contributed by atoms with Crippen molar-refractivity contribution in [1.82, 2.24) is 19.9 Å². The molecule has 1 aliphatic heterocycles. The Morgan fingerprint density at radius 1 is 1.36 bits per heavy atom. The van der Waals surface area contributed by atoms with Gasteiger partial charge in [-0.25, -0.2) is 0 Å². The van der Waals surface area contributed by atoms with E-state index in [2.05, 4.69) is 15.0 Å². The third kappa shape index (κ3) is 3.46. The van der Waals surface area contributed by atoms with Crippen molar-refractivity contribution in [1.29, 1.82) is 0 Å². The van der Waals surface area contributed by atoms with Crippen molar-refractivity contribution in [2.75, 3.05) is 19.7 Å². The van der Waals surface area contributed by atoms with Gasteiger partial charge in [-0.15, -0.1) is 0 Å². The molecule has 1 saturated heterocycles. The Morgan fingerprint density at radius 3 is 3.00 bits per heavy atom. The van der Waals surface area contributed by atoms with Gasteiger partial charge in [-0.3, -0.25) is 19.7 Å². The van der Waals surface area contributed by atoms with Crippen molar-refractivity contribution >= 4 is 5.91 Å². The molecule has 1 atom stereocenters. The Balaban J connectivity index is 1.65. The first-order valence-corrected chi connectivity index (χ1v) is 7.29. The van der Waals surface area contributed by atoms with E-state index in [9.17, 15) is 4.79 Å². The Bertz CT molecular complexity index is 630. The molecule has 3 heterocycles. The number of amides is 1. The molecule has 114 valence electrons. The van der Waals surface area contributed by atoms with E-state index in [1.54, 1.807) is 24.8 Å². The number of hydrogen-bond acceptors (Lipinski definition) is 5. The smallest absolute Gasteiger partial charge is 0.227 e.